The molecule has 0 radical (unpaired) electrons. The van der Waals surface area contributed by atoms with Crippen molar-refractivity contribution in [3.8, 4) is 0 Å². The van der Waals surface area contributed by atoms with Crippen molar-refractivity contribution in [1.29, 1.82) is 0 Å². The molecule has 6 rings (SSSR count). The average Bonchev–Trinajstić information content (AvgIpc) is 3.22. The van der Waals surface area contributed by atoms with E-state index < -0.39 is 0 Å². The zero-order valence-corrected chi connectivity index (χ0v) is 13.6. The number of allylic oxidation sites excluding steroid dienone is 2. The van der Waals surface area contributed by atoms with Gasteiger partial charge in [-0.15, -0.1) is 11.3 Å². The first-order valence-electron chi connectivity index (χ1n) is 8.03. The lowest BCUT2D eigenvalue weighted by atomic mass is 9.81. The highest BCUT2D eigenvalue weighted by atomic mass is 32.1. The zero-order chi connectivity index (χ0) is 15.1. The van der Waals surface area contributed by atoms with Crippen molar-refractivity contribution < 1.29 is 0 Å². The highest BCUT2D eigenvalue weighted by Crippen LogP contribution is 2.49. The Kier molecular flexibility index (Phi) is 2.08. The number of hydrogen-bond donors (Lipinski definition) is 0. The van der Waals surface area contributed by atoms with Crippen LogP contribution in [0, 0.1) is 0 Å². The van der Waals surface area contributed by atoms with Crippen molar-refractivity contribution in [3.63, 3.8) is 0 Å². The van der Waals surface area contributed by atoms with Crippen LogP contribution in [-0.2, 0) is 0 Å². The molecule has 1 aromatic heterocycles. The Hall–Kier alpha value is -2.33. The summed E-state index contributed by atoms with van der Waals surface area (Å²) in [5.41, 5.74) is 10.5. The summed E-state index contributed by atoms with van der Waals surface area (Å²) in [5.74, 6) is 0. The van der Waals surface area contributed by atoms with Gasteiger partial charge in [-0.1, -0.05) is 18.2 Å². The summed E-state index contributed by atoms with van der Waals surface area (Å²) in [6, 6.07) is 9.21. The second kappa shape index (κ2) is 3.95. The fourth-order valence-corrected chi connectivity index (χ4v) is 5.51. The molecule has 4 heterocycles. The molecule has 0 amide bonds. The van der Waals surface area contributed by atoms with Gasteiger partial charge in [-0.25, -0.2) is 4.98 Å². The molecule has 1 aliphatic carbocycles. The van der Waals surface area contributed by atoms with Crippen LogP contribution in [0.3, 0.4) is 0 Å². The lowest BCUT2D eigenvalue weighted by Crippen LogP contribution is -2.46. The standard InChI is InChI=1S/C19H15N3S/c1-21-8-6-12-11-4-2-3-5-14(11)22-9-7-13-16-19(23-10-20-16)18(21)15(12)17(13)22/h2-6,8,10,17H,7,9H2,1H3. The maximum atomic E-state index is 4.73. The number of fused-ring (bicyclic) bond motifs is 4. The molecule has 3 nitrogen and oxygen atoms in total. The topological polar surface area (TPSA) is 19.4 Å². The second-order valence-corrected chi connectivity index (χ2v) is 7.38. The largest absolute Gasteiger partial charge is 0.360 e. The van der Waals surface area contributed by atoms with E-state index in [-0.39, 0.29) is 0 Å². The molecule has 112 valence electrons. The number of nitrogens with zero attached hydrogens (tertiary/aromatic N) is 3. The average molecular weight is 317 g/mol. The van der Waals surface area contributed by atoms with E-state index in [1.165, 1.54) is 43.5 Å². The molecule has 1 fully saturated rings. The van der Waals surface area contributed by atoms with E-state index in [1.54, 1.807) is 11.3 Å². The van der Waals surface area contributed by atoms with E-state index in [0.29, 0.717) is 6.04 Å². The third-order valence-electron chi connectivity index (χ3n) is 5.49. The minimum atomic E-state index is 0.372. The molecule has 1 atom stereocenters. The van der Waals surface area contributed by atoms with Crippen LogP contribution in [0.2, 0.25) is 0 Å². The van der Waals surface area contributed by atoms with E-state index in [2.05, 4.69) is 53.4 Å². The Morgan fingerprint density at radius 1 is 1.26 bits per heavy atom. The van der Waals surface area contributed by atoms with Crippen LogP contribution in [0.15, 0.2) is 47.6 Å². The molecule has 4 aliphatic rings. The Morgan fingerprint density at radius 3 is 3.13 bits per heavy atom. The highest BCUT2D eigenvalue weighted by molar-refractivity contribution is 7.07. The van der Waals surface area contributed by atoms with Gasteiger partial charge in [0.2, 0.25) is 0 Å². The molecule has 0 saturated carbocycles. The minimum Gasteiger partial charge on any atom is -0.360 e. The normalized spacial score (nSPS) is 23.3. The fraction of sp³-hybridized carbons (Fsp3) is 0.211. The first kappa shape index (κ1) is 12.1. The van der Waals surface area contributed by atoms with Crippen LogP contribution < -0.4 is 14.8 Å². The SMILES string of the molecule is CN1C=CC2=C3C1=c1scnc1=C1CCN(c4ccccc42)C31. The monoisotopic (exact) mass is 317 g/mol. The van der Waals surface area contributed by atoms with E-state index in [4.69, 9.17) is 4.98 Å². The number of rotatable bonds is 0. The van der Waals surface area contributed by atoms with Gasteiger partial charge in [0, 0.05) is 36.6 Å². The fourth-order valence-electron chi connectivity index (χ4n) is 4.59. The summed E-state index contributed by atoms with van der Waals surface area (Å²) in [4.78, 5) is 9.58. The molecule has 1 unspecified atom stereocenters. The highest BCUT2D eigenvalue weighted by Gasteiger charge is 2.44. The maximum Gasteiger partial charge on any atom is 0.0850 e. The molecule has 0 bridgehead atoms. The lowest BCUT2D eigenvalue weighted by molar-refractivity contribution is 0.632. The molecule has 0 spiro atoms. The van der Waals surface area contributed by atoms with Crippen LogP contribution in [0.25, 0.3) is 16.8 Å². The molecular weight excluding hydrogens is 302 g/mol. The molecule has 3 aliphatic heterocycles. The van der Waals surface area contributed by atoms with Crippen molar-refractivity contribution in [2.24, 2.45) is 0 Å². The van der Waals surface area contributed by atoms with Gasteiger partial charge in [-0.2, -0.15) is 0 Å². The first-order valence-corrected chi connectivity index (χ1v) is 8.91. The Balaban J connectivity index is 1.85. The molecule has 1 saturated heterocycles. The summed E-state index contributed by atoms with van der Waals surface area (Å²) in [5, 5.41) is 1.24. The van der Waals surface area contributed by atoms with Gasteiger partial charge in [-0.05, 0) is 29.7 Å². The second-order valence-electron chi connectivity index (χ2n) is 6.52. The number of anilines is 1. The van der Waals surface area contributed by atoms with Crippen molar-refractivity contribution >= 4 is 33.9 Å². The Bertz CT molecular complexity index is 1060. The zero-order valence-electron chi connectivity index (χ0n) is 12.8. The summed E-state index contributed by atoms with van der Waals surface area (Å²) < 4.78 is 1.34. The van der Waals surface area contributed by atoms with Gasteiger partial charge >= 0.3 is 0 Å². The molecule has 4 heteroatoms. The van der Waals surface area contributed by atoms with Gasteiger partial charge in [-0.3, -0.25) is 0 Å². The predicted octanol–water partition coefficient (Wildman–Crippen LogP) is 1.92. The molecule has 23 heavy (non-hydrogen) atoms. The molecule has 1 aromatic carbocycles. The summed E-state index contributed by atoms with van der Waals surface area (Å²) in [7, 11) is 2.16. The quantitative estimate of drug-likeness (QED) is 0.740. The van der Waals surface area contributed by atoms with E-state index >= 15 is 0 Å². The van der Waals surface area contributed by atoms with Crippen molar-refractivity contribution in [1.82, 2.24) is 9.88 Å². The van der Waals surface area contributed by atoms with Gasteiger partial charge in [0.05, 0.1) is 27.1 Å². The van der Waals surface area contributed by atoms with Crippen LogP contribution in [0.4, 0.5) is 5.69 Å². The molecule has 0 N–H and O–H groups in total. The number of benzene rings is 1. The van der Waals surface area contributed by atoms with Crippen molar-refractivity contribution in [2.45, 2.75) is 12.5 Å². The number of aromatic nitrogens is 1. The van der Waals surface area contributed by atoms with Gasteiger partial charge in [0.1, 0.15) is 0 Å². The van der Waals surface area contributed by atoms with Crippen LogP contribution in [-0.4, -0.2) is 29.5 Å². The van der Waals surface area contributed by atoms with Gasteiger partial charge < -0.3 is 9.80 Å². The first-order chi connectivity index (χ1) is 11.3. The number of para-hydroxylation sites is 1. The summed E-state index contributed by atoms with van der Waals surface area (Å²) in [6.07, 6.45) is 5.61. The Labute approximate surface area is 138 Å². The number of hydrogen-bond acceptors (Lipinski definition) is 4. The van der Waals surface area contributed by atoms with E-state index in [9.17, 15) is 0 Å². The van der Waals surface area contributed by atoms with Gasteiger partial charge in [0.15, 0.2) is 0 Å². The van der Waals surface area contributed by atoms with Crippen molar-refractivity contribution in [2.75, 3.05) is 18.5 Å². The number of thiazole rings is 1. The van der Waals surface area contributed by atoms with Crippen molar-refractivity contribution in [3.05, 3.63) is 63.1 Å². The van der Waals surface area contributed by atoms with Crippen LogP contribution in [0.1, 0.15) is 12.0 Å². The molecule has 2 aromatic rings. The minimum absolute atomic E-state index is 0.372. The van der Waals surface area contributed by atoms with E-state index in [1.807, 2.05) is 5.51 Å². The molecular formula is C19H15N3S. The Morgan fingerprint density at radius 2 is 2.17 bits per heavy atom. The smallest absolute Gasteiger partial charge is 0.0850 e. The lowest BCUT2D eigenvalue weighted by Gasteiger charge is -2.42. The van der Waals surface area contributed by atoms with Crippen LogP contribution in [0.5, 0.6) is 0 Å². The maximum absolute atomic E-state index is 4.73. The third-order valence-corrected chi connectivity index (χ3v) is 6.32. The third kappa shape index (κ3) is 1.30. The van der Waals surface area contributed by atoms with Crippen LogP contribution >= 0.6 is 11.3 Å². The summed E-state index contributed by atoms with van der Waals surface area (Å²) >= 11 is 1.78. The number of likely N-dealkylation sites (N-methyl/N-ethyl adjacent to an activating group) is 1. The van der Waals surface area contributed by atoms with E-state index in [0.717, 1.165) is 13.0 Å². The summed E-state index contributed by atoms with van der Waals surface area (Å²) in [6.45, 7) is 1.09. The van der Waals surface area contributed by atoms with Gasteiger partial charge in [0.25, 0.3) is 0 Å². The predicted molar refractivity (Wildman–Crippen MR) is 94.2 cm³/mol.